The highest BCUT2D eigenvalue weighted by Crippen LogP contribution is 2.28. The van der Waals surface area contributed by atoms with E-state index >= 15 is 0 Å². The van der Waals surface area contributed by atoms with Crippen molar-refractivity contribution in [3.63, 3.8) is 0 Å². The highest BCUT2D eigenvalue weighted by molar-refractivity contribution is 7.99. The lowest BCUT2D eigenvalue weighted by Crippen LogP contribution is -2.08. The summed E-state index contributed by atoms with van der Waals surface area (Å²) in [6.07, 6.45) is 0. The van der Waals surface area contributed by atoms with Gasteiger partial charge in [0.1, 0.15) is 5.82 Å². The molecule has 0 spiro atoms. The maximum atomic E-state index is 13.1. The van der Waals surface area contributed by atoms with Gasteiger partial charge in [-0.25, -0.2) is 4.39 Å². The highest BCUT2D eigenvalue weighted by atomic mass is 32.2. The van der Waals surface area contributed by atoms with Crippen LogP contribution in [0.25, 0.3) is 0 Å². The molecule has 0 saturated heterocycles. The van der Waals surface area contributed by atoms with Gasteiger partial charge < -0.3 is 0 Å². The quantitative estimate of drug-likeness (QED) is 0.648. The normalized spacial score (nSPS) is 11.7. The van der Waals surface area contributed by atoms with Gasteiger partial charge in [0, 0.05) is 10.6 Å². The van der Waals surface area contributed by atoms with E-state index in [2.05, 4.69) is 20.8 Å². The number of benzene rings is 1. The average molecular weight is 198 g/mol. The first-order valence-electron chi connectivity index (χ1n) is 4.36. The monoisotopic (exact) mass is 198 g/mol. The van der Waals surface area contributed by atoms with Crippen LogP contribution in [0.4, 0.5) is 4.39 Å². The van der Waals surface area contributed by atoms with Crippen LogP contribution in [-0.2, 0) is 0 Å². The van der Waals surface area contributed by atoms with Crippen LogP contribution in [0.1, 0.15) is 20.8 Å². The number of thioether (sulfide) groups is 1. The van der Waals surface area contributed by atoms with Gasteiger partial charge in [0.25, 0.3) is 0 Å². The molecule has 0 aliphatic carbocycles. The van der Waals surface area contributed by atoms with Gasteiger partial charge in [-0.15, -0.1) is 11.8 Å². The van der Waals surface area contributed by atoms with Gasteiger partial charge >= 0.3 is 0 Å². The Morgan fingerprint density at radius 1 is 1.23 bits per heavy atom. The van der Waals surface area contributed by atoms with Gasteiger partial charge in [0.2, 0.25) is 0 Å². The summed E-state index contributed by atoms with van der Waals surface area (Å²) in [5.41, 5.74) is 0.243. The van der Waals surface area contributed by atoms with Crippen LogP contribution in [0.15, 0.2) is 29.2 Å². The van der Waals surface area contributed by atoms with Crippen LogP contribution in [-0.4, -0.2) is 5.75 Å². The molecule has 13 heavy (non-hydrogen) atoms. The van der Waals surface area contributed by atoms with Crippen molar-refractivity contribution in [2.75, 3.05) is 5.75 Å². The van der Waals surface area contributed by atoms with Gasteiger partial charge in [0.15, 0.2) is 0 Å². The fraction of sp³-hybridized carbons (Fsp3) is 0.455. The molecule has 0 aliphatic heterocycles. The summed E-state index contributed by atoms with van der Waals surface area (Å²) in [5, 5.41) is 0. The molecule has 2 heteroatoms. The first kappa shape index (κ1) is 10.6. The Kier molecular flexibility index (Phi) is 3.37. The maximum absolute atomic E-state index is 13.1. The molecule has 1 aromatic carbocycles. The molecule has 0 nitrogen and oxygen atoms in total. The molecule has 0 aromatic heterocycles. The van der Waals surface area contributed by atoms with Crippen molar-refractivity contribution in [2.45, 2.75) is 25.7 Å². The minimum absolute atomic E-state index is 0.114. The van der Waals surface area contributed by atoms with Crippen LogP contribution in [0, 0.1) is 11.2 Å². The van der Waals surface area contributed by atoms with Crippen molar-refractivity contribution in [1.29, 1.82) is 0 Å². The molecule has 0 unspecified atom stereocenters. The second-order valence-electron chi connectivity index (χ2n) is 4.28. The number of hydrogen-bond donors (Lipinski definition) is 0. The summed E-state index contributed by atoms with van der Waals surface area (Å²) in [7, 11) is 0. The molecular formula is C11H15FS. The average Bonchev–Trinajstić information content (AvgIpc) is 2.01. The van der Waals surface area contributed by atoms with Gasteiger partial charge in [-0.05, 0) is 17.5 Å². The molecule has 0 saturated carbocycles. The van der Waals surface area contributed by atoms with E-state index in [-0.39, 0.29) is 11.2 Å². The Balaban J connectivity index is 2.60. The molecule has 72 valence electrons. The lowest BCUT2D eigenvalue weighted by Gasteiger charge is -2.17. The number of halogens is 1. The van der Waals surface area contributed by atoms with Gasteiger partial charge in [-0.2, -0.15) is 0 Å². The van der Waals surface area contributed by atoms with E-state index in [1.807, 2.05) is 12.1 Å². The van der Waals surface area contributed by atoms with Crippen molar-refractivity contribution in [3.05, 3.63) is 30.1 Å². The zero-order valence-electron chi connectivity index (χ0n) is 8.30. The molecule has 0 radical (unpaired) electrons. The Bertz CT molecular complexity index is 276. The van der Waals surface area contributed by atoms with Crippen LogP contribution < -0.4 is 0 Å². The van der Waals surface area contributed by atoms with E-state index < -0.39 is 0 Å². The van der Waals surface area contributed by atoms with E-state index in [9.17, 15) is 4.39 Å². The maximum Gasteiger partial charge on any atom is 0.136 e. The summed E-state index contributed by atoms with van der Waals surface area (Å²) in [6, 6.07) is 6.92. The third-order valence-corrected chi connectivity index (χ3v) is 3.15. The fourth-order valence-electron chi connectivity index (χ4n) is 0.856. The molecule has 0 bridgehead atoms. The minimum atomic E-state index is -0.114. The topological polar surface area (TPSA) is 0 Å². The van der Waals surface area contributed by atoms with E-state index in [1.165, 1.54) is 6.07 Å². The van der Waals surface area contributed by atoms with Gasteiger partial charge in [-0.3, -0.25) is 0 Å². The fourth-order valence-corrected chi connectivity index (χ4v) is 1.83. The minimum Gasteiger partial charge on any atom is -0.206 e. The van der Waals surface area contributed by atoms with E-state index in [0.717, 1.165) is 10.6 Å². The van der Waals surface area contributed by atoms with Crippen molar-refractivity contribution in [3.8, 4) is 0 Å². The van der Waals surface area contributed by atoms with Crippen molar-refractivity contribution < 1.29 is 4.39 Å². The summed E-state index contributed by atoms with van der Waals surface area (Å²) in [5.74, 6) is 0.824. The molecule has 0 atom stereocenters. The lowest BCUT2D eigenvalue weighted by molar-refractivity contribution is 0.480. The summed E-state index contributed by atoms with van der Waals surface area (Å²) < 4.78 is 13.1. The zero-order valence-corrected chi connectivity index (χ0v) is 9.12. The summed E-state index contributed by atoms with van der Waals surface area (Å²) in [6.45, 7) is 6.46. The lowest BCUT2D eigenvalue weighted by atomic mass is 10.0. The van der Waals surface area contributed by atoms with Crippen LogP contribution >= 0.6 is 11.8 Å². The summed E-state index contributed by atoms with van der Waals surface area (Å²) in [4.78, 5) is 0.748. The van der Waals surface area contributed by atoms with Crippen LogP contribution in [0.5, 0.6) is 0 Å². The molecular weight excluding hydrogens is 183 g/mol. The Hall–Kier alpha value is -0.500. The molecule has 0 aliphatic rings. The van der Waals surface area contributed by atoms with Crippen LogP contribution in [0.3, 0.4) is 0 Å². The van der Waals surface area contributed by atoms with Crippen molar-refractivity contribution in [2.24, 2.45) is 5.41 Å². The third-order valence-electron chi connectivity index (χ3n) is 1.50. The van der Waals surface area contributed by atoms with Gasteiger partial charge in [0.05, 0.1) is 0 Å². The predicted octanol–water partition coefficient (Wildman–Crippen LogP) is 3.96. The molecule has 0 heterocycles. The third kappa shape index (κ3) is 3.81. The second-order valence-corrected chi connectivity index (χ2v) is 5.30. The van der Waals surface area contributed by atoms with E-state index in [1.54, 1.807) is 17.8 Å². The summed E-state index contributed by atoms with van der Waals surface area (Å²) >= 11 is 1.58. The SMILES string of the molecule is CC(C)(C)CSc1ccccc1F. The van der Waals surface area contributed by atoms with Crippen molar-refractivity contribution >= 4 is 11.8 Å². The first-order chi connectivity index (χ1) is 5.99. The molecule has 1 rings (SSSR count). The van der Waals surface area contributed by atoms with E-state index in [4.69, 9.17) is 0 Å². The van der Waals surface area contributed by atoms with Crippen LogP contribution in [0.2, 0.25) is 0 Å². The molecule has 0 amide bonds. The Labute approximate surface area is 83.5 Å². The van der Waals surface area contributed by atoms with Gasteiger partial charge in [-0.1, -0.05) is 32.9 Å². The zero-order chi connectivity index (χ0) is 9.90. The molecule has 1 aromatic rings. The molecule has 0 fully saturated rings. The second kappa shape index (κ2) is 4.14. The Morgan fingerprint density at radius 3 is 2.38 bits per heavy atom. The van der Waals surface area contributed by atoms with E-state index in [0.29, 0.717) is 0 Å². The largest absolute Gasteiger partial charge is 0.206 e. The first-order valence-corrected chi connectivity index (χ1v) is 5.35. The van der Waals surface area contributed by atoms with Crippen molar-refractivity contribution in [1.82, 2.24) is 0 Å². The smallest absolute Gasteiger partial charge is 0.136 e. The predicted molar refractivity (Wildman–Crippen MR) is 56.6 cm³/mol. The number of hydrogen-bond acceptors (Lipinski definition) is 1. The standard InChI is InChI=1S/C11H15FS/c1-11(2,3)8-13-10-7-5-4-6-9(10)12/h4-7H,8H2,1-3H3. The Morgan fingerprint density at radius 2 is 1.85 bits per heavy atom. The molecule has 0 N–H and O–H groups in total. The number of rotatable bonds is 2. The highest BCUT2D eigenvalue weighted by Gasteiger charge is 2.11.